The molecule has 6 nitrogen and oxygen atoms in total. The lowest BCUT2D eigenvalue weighted by atomic mass is 10.2. The van der Waals surface area contributed by atoms with E-state index in [-0.39, 0.29) is 0 Å². The van der Waals surface area contributed by atoms with Gasteiger partial charge in [0.2, 0.25) is 5.95 Å². The van der Waals surface area contributed by atoms with Crippen LogP contribution < -0.4 is 11.1 Å². The van der Waals surface area contributed by atoms with Crippen molar-refractivity contribution in [1.29, 1.82) is 0 Å². The highest BCUT2D eigenvalue weighted by atomic mass is 16.3. The number of rotatable bonds is 3. The van der Waals surface area contributed by atoms with E-state index in [9.17, 15) is 5.11 Å². The number of aromatic nitrogens is 3. The predicted octanol–water partition coefficient (Wildman–Crippen LogP) is 1.65. The Morgan fingerprint density at radius 1 is 1.21 bits per heavy atom. The number of hydrogen-bond donors (Lipinski definition) is 4. The highest BCUT2D eigenvalue weighted by Crippen LogP contribution is 2.17. The molecular formula is C13H13N5O. The summed E-state index contributed by atoms with van der Waals surface area (Å²) in [4.78, 5) is 11.6. The molecule has 3 rings (SSSR count). The molecule has 3 aromatic rings. The number of aliphatic hydroxyl groups is 1. The standard InChI is InChI=1S/C13H13N5O/c14-11(19)8-1-3-10(4-2-8)17-13-16-7-9-5-6-15-12(9)18-13/h1-7,11,19H,14H2,(H2,15,16,17,18). The number of aliphatic hydroxyl groups excluding tert-OH is 1. The number of nitrogens with one attached hydrogen (secondary N) is 2. The summed E-state index contributed by atoms with van der Waals surface area (Å²) in [6.45, 7) is 0. The van der Waals surface area contributed by atoms with E-state index in [1.165, 1.54) is 0 Å². The summed E-state index contributed by atoms with van der Waals surface area (Å²) in [5.74, 6) is 0.510. The van der Waals surface area contributed by atoms with Gasteiger partial charge < -0.3 is 21.1 Å². The van der Waals surface area contributed by atoms with Crippen LogP contribution in [0.15, 0.2) is 42.7 Å². The van der Waals surface area contributed by atoms with Gasteiger partial charge >= 0.3 is 0 Å². The van der Waals surface area contributed by atoms with E-state index in [1.807, 2.05) is 24.4 Å². The Balaban J connectivity index is 1.83. The van der Waals surface area contributed by atoms with E-state index >= 15 is 0 Å². The van der Waals surface area contributed by atoms with Gasteiger partial charge in [0.05, 0.1) is 0 Å². The summed E-state index contributed by atoms with van der Waals surface area (Å²) in [7, 11) is 0. The van der Waals surface area contributed by atoms with Crippen LogP contribution in [0.1, 0.15) is 11.8 Å². The molecule has 0 saturated carbocycles. The fourth-order valence-electron chi connectivity index (χ4n) is 1.79. The smallest absolute Gasteiger partial charge is 0.229 e. The third kappa shape index (κ3) is 2.40. The Kier molecular flexibility index (Phi) is 2.86. The zero-order valence-electron chi connectivity index (χ0n) is 10.0. The number of nitrogens with zero attached hydrogens (tertiary/aromatic N) is 2. The Bertz CT molecular complexity index is 690. The lowest BCUT2D eigenvalue weighted by molar-refractivity contribution is 0.186. The number of nitrogens with two attached hydrogens (primary N) is 1. The van der Waals surface area contributed by atoms with Gasteiger partial charge in [-0.3, -0.25) is 0 Å². The summed E-state index contributed by atoms with van der Waals surface area (Å²) in [5, 5.41) is 13.3. The van der Waals surface area contributed by atoms with Crippen molar-refractivity contribution in [2.75, 3.05) is 5.32 Å². The topological polar surface area (TPSA) is 99.9 Å². The van der Waals surface area contributed by atoms with Crippen molar-refractivity contribution in [1.82, 2.24) is 15.0 Å². The third-order valence-electron chi connectivity index (χ3n) is 2.81. The molecule has 0 aliphatic rings. The molecule has 5 N–H and O–H groups in total. The van der Waals surface area contributed by atoms with Crippen molar-refractivity contribution >= 4 is 22.7 Å². The molecule has 0 radical (unpaired) electrons. The minimum absolute atomic E-state index is 0.510. The van der Waals surface area contributed by atoms with Gasteiger partial charge in [0.25, 0.3) is 0 Å². The number of H-pyrrole nitrogens is 1. The van der Waals surface area contributed by atoms with Crippen LogP contribution in [0.2, 0.25) is 0 Å². The van der Waals surface area contributed by atoms with Crippen LogP contribution in [0, 0.1) is 0 Å². The van der Waals surface area contributed by atoms with Crippen LogP contribution in [0.5, 0.6) is 0 Å². The average Bonchev–Trinajstić information content (AvgIpc) is 2.87. The van der Waals surface area contributed by atoms with Gasteiger partial charge in [-0.2, -0.15) is 4.98 Å². The molecule has 0 saturated heterocycles. The summed E-state index contributed by atoms with van der Waals surface area (Å²) in [6.07, 6.45) is 2.61. The first-order valence-corrected chi connectivity index (χ1v) is 5.83. The van der Waals surface area contributed by atoms with Crippen LogP contribution in [0.25, 0.3) is 11.0 Å². The second-order valence-corrected chi connectivity index (χ2v) is 4.17. The third-order valence-corrected chi connectivity index (χ3v) is 2.81. The van der Waals surface area contributed by atoms with Crippen LogP contribution in [-0.4, -0.2) is 20.1 Å². The number of fused-ring (bicyclic) bond motifs is 1. The SMILES string of the molecule is NC(O)c1ccc(Nc2ncc3cc[nH]c3n2)cc1. The first kappa shape index (κ1) is 11.6. The fraction of sp³-hybridized carbons (Fsp3) is 0.0769. The molecule has 0 aliphatic carbocycles. The molecule has 2 heterocycles. The molecule has 6 heteroatoms. The lowest BCUT2D eigenvalue weighted by Gasteiger charge is -2.07. The Hall–Kier alpha value is -2.44. The van der Waals surface area contributed by atoms with Crippen LogP contribution in [-0.2, 0) is 0 Å². The fourth-order valence-corrected chi connectivity index (χ4v) is 1.79. The summed E-state index contributed by atoms with van der Waals surface area (Å²) < 4.78 is 0. The lowest BCUT2D eigenvalue weighted by Crippen LogP contribution is -2.08. The van der Waals surface area contributed by atoms with Gasteiger partial charge in [-0.1, -0.05) is 12.1 Å². The highest BCUT2D eigenvalue weighted by Gasteiger charge is 2.03. The molecule has 2 aromatic heterocycles. The quantitative estimate of drug-likeness (QED) is 0.533. The molecule has 1 unspecified atom stereocenters. The molecule has 1 atom stereocenters. The maximum atomic E-state index is 9.23. The van der Waals surface area contributed by atoms with Crippen molar-refractivity contribution in [3.05, 3.63) is 48.3 Å². The molecule has 0 spiro atoms. The summed E-state index contributed by atoms with van der Waals surface area (Å²) in [6, 6.07) is 9.04. The number of benzene rings is 1. The van der Waals surface area contributed by atoms with E-state index < -0.39 is 6.23 Å². The zero-order chi connectivity index (χ0) is 13.2. The number of hydrogen-bond acceptors (Lipinski definition) is 5. The first-order chi connectivity index (χ1) is 9.22. The van der Waals surface area contributed by atoms with Crippen molar-refractivity contribution in [2.45, 2.75) is 6.23 Å². The van der Waals surface area contributed by atoms with Crippen LogP contribution >= 0.6 is 0 Å². The van der Waals surface area contributed by atoms with E-state index in [4.69, 9.17) is 5.73 Å². The summed E-state index contributed by atoms with van der Waals surface area (Å²) >= 11 is 0. The minimum Gasteiger partial charge on any atom is -0.375 e. The number of anilines is 2. The van der Waals surface area contributed by atoms with Gasteiger partial charge in [0.15, 0.2) is 0 Å². The predicted molar refractivity (Wildman–Crippen MR) is 72.8 cm³/mol. The molecule has 19 heavy (non-hydrogen) atoms. The van der Waals surface area contributed by atoms with E-state index in [1.54, 1.807) is 18.3 Å². The minimum atomic E-state index is -0.958. The van der Waals surface area contributed by atoms with Crippen molar-refractivity contribution in [3.63, 3.8) is 0 Å². The normalized spacial score (nSPS) is 12.5. The number of aromatic amines is 1. The molecule has 96 valence electrons. The Morgan fingerprint density at radius 3 is 2.74 bits per heavy atom. The van der Waals surface area contributed by atoms with Crippen molar-refractivity contribution in [3.8, 4) is 0 Å². The Labute approximate surface area is 109 Å². The second kappa shape index (κ2) is 4.68. The van der Waals surface area contributed by atoms with Crippen LogP contribution in [0.3, 0.4) is 0 Å². The monoisotopic (exact) mass is 255 g/mol. The largest absolute Gasteiger partial charge is 0.375 e. The second-order valence-electron chi connectivity index (χ2n) is 4.17. The van der Waals surface area contributed by atoms with Crippen molar-refractivity contribution < 1.29 is 5.11 Å². The molecule has 0 bridgehead atoms. The van der Waals surface area contributed by atoms with Gasteiger partial charge in [-0.05, 0) is 23.8 Å². The van der Waals surface area contributed by atoms with Gasteiger partial charge in [0, 0.05) is 23.5 Å². The molecule has 0 amide bonds. The molecule has 0 aliphatic heterocycles. The highest BCUT2D eigenvalue weighted by molar-refractivity contribution is 5.75. The Morgan fingerprint density at radius 2 is 2.00 bits per heavy atom. The van der Waals surface area contributed by atoms with E-state index in [0.717, 1.165) is 16.7 Å². The molecule has 0 fully saturated rings. The average molecular weight is 255 g/mol. The molecular weight excluding hydrogens is 242 g/mol. The van der Waals surface area contributed by atoms with Gasteiger partial charge in [0.1, 0.15) is 11.9 Å². The van der Waals surface area contributed by atoms with E-state index in [2.05, 4.69) is 20.3 Å². The molecule has 1 aromatic carbocycles. The summed E-state index contributed by atoms with van der Waals surface area (Å²) in [5.41, 5.74) is 7.64. The van der Waals surface area contributed by atoms with Crippen LogP contribution in [0.4, 0.5) is 11.6 Å². The van der Waals surface area contributed by atoms with E-state index in [0.29, 0.717) is 11.5 Å². The van der Waals surface area contributed by atoms with Gasteiger partial charge in [-0.15, -0.1) is 0 Å². The van der Waals surface area contributed by atoms with Crippen molar-refractivity contribution in [2.24, 2.45) is 5.73 Å². The first-order valence-electron chi connectivity index (χ1n) is 5.83. The van der Waals surface area contributed by atoms with Gasteiger partial charge in [-0.25, -0.2) is 4.98 Å². The maximum Gasteiger partial charge on any atom is 0.229 e. The maximum absolute atomic E-state index is 9.23. The zero-order valence-corrected chi connectivity index (χ0v) is 10.0.